The third kappa shape index (κ3) is 8.00. The van der Waals surface area contributed by atoms with Crippen molar-refractivity contribution in [1.29, 1.82) is 0 Å². The van der Waals surface area contributed by atoms with E-state index in [1.54, 1.807) is 0 Å². The van der Waals surface area contributed by atoms with Gasteiger partial charge in [0, 0.05) is 5.57 Å². The molecule has 0 rings (SSSR count). The minimum absolute atomic E-state index is 0.200. The Bertz CT molecular complexity index is 271. The Kier molecular flexibility index (Phi) is 6.51. The van der Waals surface area contributed by atoms with Gasteiger partial charge in [0.1, 0.15) is 5.60 Å². The summed E-state index contributed by atoms with van der Waals surface area (Å²) in [5, 5.41) is 0. The molecule has 2 nitrogen and oxygen atoms in total. The van der Waals surface area contributed by atoms with Crippen molar-refractivity contribution in [2.24, 2.45) is 11.8 Å². The van der Waals surface area contributed by atoms with Gasteiger partial charge in [0.05, 0.1) is 0 Å². The van der Waals surface area contributed by atoms with E-state index in [0.717, 1.165) is 12.0 Å². The van der Waals surface area contributed by atoms with Crippen molar-refractivity contribution < 1.29 is 9.53 Å². The molecule has 0 fully saturated rings. The average molecular weight is 240 g/mol. The van der Waals surface area contributed by atoms with Gasteiger partial charge in [-0.15, -0.1) is 0 Å². The highest BCUT2D eigenvalue weighted by Crippen LogP contribution is 2.18. The van der Waals surface area contributed by atoms with Crippen LogP contribution < -0.4 is 0 Å². The Labute approximate surface area is 106 Å². The summed E-state index contributed by atoms with van der Waals surface area (Å²) in [6.45, 7) is 14.1. The summed E-state index contributed by atoms with van der Waals surface area (Å²) in [5.41, 5.74) is 0.308. The standard InChI is InChI=1S/C15H28O2/c1-8-11(2)9-12(3)10-13(4)14(16)17-15(5,6)7/h10-12H,8-9H2,1-7H3/b13-10+/t11-,12-/m0/s1. The minimum atomic E-state index is -0.411. The third-order valence-electron chi connectivity index (χ3n) is 2.73. The molecule has 0 spiro atoms. The van der Waals surface area contributed by atoms with Crippen LogP contribution in [0.4, 0.5) is 0 Å². The van der Waals surface area contributed by atoms with Crippen LogP contribution in [0.2, 0.25) is 0 Å². The molecule has 0 radical (unpaired) electrons. The number of carbonyl (C=O) groups excluding carboxylic acids is 1. The summed E-state index contributed by atoms with van der Waals surface area (Å²) in [4.78, 5) is 11.8. The highest BCUT2D eigenvalue weighted by molar-refractivity contribution is 5.88. The summed E-state index contributed by atoms with van der Waals surface area (Å²) < 4.78 is 5.32. The second kappa shape index (κ2) is 6.83. The van der Waals surface area contributed by atoms with Gasteiger partial charge in [-0.2, -0.15) is 0 Å². The molecule has 0 saturated heterocycles. The molecule has 0 heterocycles. The number of esters is 1. The van der Waals surface area contributed by atoms with Gasteiger partial charge in [0.2, 0.25) is 0 Å². The lowest BCUT2D eigenvalue weighted by atomic mass is 9.94. The Morgan fingerprint density at radius 2 is 1.82 bits per heavy atom. The van der Waals surface area contributed by atoms with Gasteiger partial charge < -0.3 is 4.74 Å². The van der Waals surface area contributed by atoms with E-state index in [-0.39, 0.29) is 5.97 Å². The lowest BCUT2D eigenvalue weighted by Gasteiger charge is -2.20. The quantitative estimate of drug-likeness (QED) is 0.527. The van der Waals surface area contributed by atoms with E-state index < -0.39 is 5.60 Å². The van der Waals surface area contributed by atoms with Crippen LogP contribution in [-0.4, -0.2) is 11.6 Å². The van der Waals surface area contributed by atoms with Crippen molar-refractivity contribution in [2.45, 2.75) is 66.9 Å². The number of carbonyl (C=O) groups is 1. The molecule has 0 aromatic carbocycles. The molecule has 0 bridgehead atoms. The highest BCUT2D eigenvalue weighted by atomic mass is 16.6. The fourth-order valence-electron chi connectivity index (χ4n) is 1.72. The highest BCUT2D eigenvalue weighted by Gasteiger charge is 2.18. The van der Waals surface area contributed by atoms with Crippen LogP contribution in [0.15, 0.2) is 11.6 Å². The van der Waals surface area contributed by atoms with E-state index >= 15 is 0 Å². The maximum atomic E-state index is 11.8. The summed E-state index contributed by atoms with van der Waals surface area (Å²) >= 11 is 0. The zero-order valence-electron chi connectivity index (χ0n) is 12.5. The van der Waals surface area contributed by atoms with E-state index in [1.165, 1.54) is 6.42 Å². The van der Waals surface area contributed by atoms with Crippen LogP contribution in [0.3, 0.4) is 0 Å². The first-order valence-corrected chi connectivity index (χ1v) is 6.57. The molecule has 2 atom stereocenters. The third-order valence-corrected chi connectivity index (χ3v) is 2.73. The maximum Gasteiger partial charge on any atom is 0.333 e. The van der Waals surface area contributed by atoms with Crippen LogP contribution in [0.1, 0.15) is 61.3 Å². The van der Waals surface area contributed by atoms with E-state index in [9.17, 15) is 4.79 Å². The van der Waals surface area contributed by atoms with Crippen molar-refractivity contribution in [3.05, 3.63) is 11.6 Å². The molecular weight excluding hydrogens is 212 g/mol. The minimum Gasteiger partial charge on any atom is -0.457 e. The smallest absolute Gasteiger partial charge is 0.333 e. The normalized spacial score (nSPS) is 16.5. The molecule has 0 N–H and O–H groups in total. The molecule has 0 aliphatic rings. The summed E-state index contributed by atoms with van der Waals surface area (Å²) in [7, 11) is 0. The SMILES string of the molecule is CC[C@H](C)C[C@H](C)/C=C(\C)C(=O)OC(C)(C)C. The number of ether oxygens (including phenoxy) is 1. The molecule has 100 valence electrons. The fraction of sp³-hybridized carbons (Fsp3) is 0.800. The van der Waals surface area contributed by atoms with Crippen molar-refractivity contribution in [1.82, 2.24) is 0 Å². The second-order valence-electron chi connectivity index (χ2n) is 6.08. The Morgan fingerprint density at radius 3 is 2.24 bits per heavy atom. The first-order chi connectivity index (χ1) is 7.65. The first kappa shape index (κ1) is 16.2. The number of hydrogen-bond donors (Lipinski definition) is 0. The van der Waals surface area contributed by atoms with Gasteiger partial charge in [-0.1, -0.05) is 33.3 Å². The Morgan fingerprint density at radius 1 is 1.29 bits per heavy atom. The largest absolute Gasteiger partial charge is 0.457 e. The molecule has 2 heteroatoms. The number of hydrogen-bond acceptors (Lipinski definition) is 2. The average Bonchev–Trinajstić information content (AvgIpc) is 2.14. The van der Waals surface area contributed by atoms with Crippen molar-refractivity contribution >= 4 is 5.97 Å². The first-order valence-electron chi connectivity index (χ1n) is 6.57. The number of rotatable bonds is 5. The van der Waals surface area contributed by atoms with Crippen molar-refractivity contribution in [3.63, 3.8) is 0 Å². The lowest BCUT2D eigenvalue weighted by molar-refractivity contribution is -0.149. The van der Waals surface area contributed by atoms with Crippen molar-refractivity contribution in [3.8, 4) is 0 Å². The predicted octanol–water partition coefficient (Wildman–Crippen LogP) is 4.35. The van der Waals surface area contributed by atoms with Crippen LogP contribution in [0, 0.1) is 11.8 Å². The van der Waals surface area contributed by atoms with Crippen molar-refractivity contribution in [2.75, 3.05) is 0 Å². The van der Waals surface area contributed by atoms with Gasteiger partial charge in [0.15, 0.2) is 0 Å². The van der Waals surface area contributed by atoms with Gasteiger partial charge >= 0.3 is 5.97 Å². The van der Waals surface area contributed by atoms with E-state index in [0.29, 0.717) is 11.8 Å². The fourth-order valence-corrected chi connectivity index (χ4v) is 1.72. The molecule has 0 saturated carbocycles. The topological polar surface area (TPSA) is 26.3 Å². The Balaban J connectivity index is 4.38. The van der Waals surface area contributed by atoms with Crippen LogP contribution in [0.5, 0.6) is 0 Å². The monoisotopic (exact) mass is 240 g/mol. The summed E-state index contributed by atoms with van der Waals surface area (Å²) in [6.07, 6.45) is 4.33. The maximum absolute atomic E-state index is 11.8. The van der Waals surface area contributed by atoms with Crippen LogP contribution in [-0.2, 0) is 9.53 Å². The lowest BCUT2D eigenvalue weighted by Crippen LogP contribution is -2.24. The van der Waals surface area contributed by atoms with Gasteiger partial charge in [-0.25, -0.2) is 4.79 Å². The van der Waals surface area contributed by atoms with E-state index in [4.69, 9.17) is 4.74 Å². The molecule has 0 unspecified atom stereocenters. The van der Waals surface area contributed by atoms with Crippen LogP contribution in [0.25, 0.3) is 0 Å². The van der Waals surface area contributed by atoms with E-state index in [2.05, 4.69) is 20.8 Å². The summed E-state index contributed by atoms with van der Waals surface area (Å²) in [6, 6.07) is 0. The van der Waals surface area contributed by atoms with Gasteiger partial charge in [-0.3, -0.25) is 0 Å². The molecule has 0 aromatic rings. The molecule has 17 heavy (non-hydrogen) atoms. The zero-order valence-corrected chi connectivity index (χ0v) is 12.5. The predicted molar refractivity (Wildman–Crippen MR) is 72.8 cm³/mol. The molecule has 0 aromatic heterocycles. The number of allylic oxidation sites excluding steroid dienone is 1. The molecule has 0 amide bonds. The summed E-state index contributed by atoms with van der Waals surface area (Å²) in [5.74, 6) is 0.929. The molecule has 0 aliphatic heterocycles. The Hall–Kier alpha value is -0.790. The van der Waals surface area contributed by atoms with E-state index in [1.807, 2.05) is 33.8 Å². The van der Waals surface area contributed by atoms with Gasteiger partial charge in [0.25, 0.3) is 0 Å². The zero-order chi connectivity index (χ0) is 13.6. The molecular formula is C15H28O2. The second-order valence-corrected chi connectivity index (χ2v) is 6.08. The van der Waals surface area contributed by atoms with Gasteiger partial charge in [-0.05, 0) is 46.0 Å². The van der Waals surface area contributed by atoms with Crippen LogP contribution >= 0.6 is 0 Å². The molecule has 0 aliphatic carbocycles.